The summed E-state index contributed by atoms with van der Waals surface area (Å²) in [5, 5.41) is 5.29. The molecular formula is C18H13F3N4O. The fourth-order valence-electron chi connectivity index (χ4n) is 2.15. The van der Waals surface area contributed by atoms with Gasteiger partial charge in [-0.05, 0) is 42.0 Å². The van der Waals surface area contributed by atoms with E-state index in [4.69, 9.17) is 0 Å². The highest BCUT2D eigenvalue weighted by atomic mass is 19.2. The van der Waals surface area contributed by atoms with Crippen LogP contribution in [0.15, 0.2) is 55.0 Å². The second-order valence-electron chi connectivity index (χ2n) is 5.32. The Morgan fingerprint density at radius 1 is 0.962 bits per heavy atom. The lowest BCUT2D eigenvalue weighted by Crippen LogP contribution is -2.15. The summed E-state index contributed by atoms with van der Waals surface area (Å²) in [7, 11) is 0. The highest BCUT2D eigenvalue weighted by Crippen LogP contribution is 2.20. The van der Waals surface area contributed by atoms with E-state index in [9.17, 15) is 18.0 Å². The van der Waals surface area contributed by atoms with Crippen LogP contribution in [0.4, 0.5) is 24.5 Å². The van der Waals surface area contributed by atoms with Crippen LogP contribution in [-0.2, 0) is 6.54 Å². The molecule has 0 fully saturated rings. The van der Waals surface area contributed by atoms with Crippen molar-refractivity contribution in [2.45, 2.75) is 6.54 Å². The number of nitrogens with one attached hydrogen (secondary N) is 2. The first-order valence-electron chi connectivity index (χ1n) is 7.58. The molecule has 0 saturated carbocycles. The number of nitrogens with zero attached hydrogens (tertiary/aromatic N) is 2. The van der Waals surface area contributed by atoms with Crippen molar-refractivity contribution < 1.29 is 18.0 Å². The van der Waals surface area contributed by atoms with Gasteiger partial charge in [0.1, 0.15) is 5.69 Å². The molecule has 0 atom stereocenters. The molecule has 2 N–H and O–H groups in total. The highest BCUT2D eigenvalue weighted by molar-refractivity contribution is 6.03. The number of halogens is 3. The Morgan fingerprint density at radius 2 is 1.73 bits per heavy atom. The summed E-state index contributed by atoms with van der Waals surface area (Å²) < 4.78 is 39.7. The SMILES string of the molecule is O=C(Nc1ccc(F)c(F)c1F)c1ccc(NCc2ccncc2)cn1. The zero-order valence-corrected chi connectivity index (χ0v) is 13.3. The van der Waals surface area contributed by atoms with E-state index < -0.39 is 29.0 Å². The van der Waals surface area contributed by atoms with E-state index in [2.05, 4.69) is 20.6 Å². The maximum absolute atomic E-state index is 13.6. The number of carbonyl (C=O) groups is 1. The van der Waals surface area contributed by atoms with Crippen molar-refractivity contribution in [3.8, 4) is 0 Å². The molecule has 0 saturated heterocycles. The normalized spacial score (nSPS) is 10.4. The summed E-state index contributed by atoms with van der Waals surface area (Å²) in [6.07, 6.45) is 4.80. The van der Waals surface area contributed by atoms with Gasteiger partial charge >= 0.3 is 0 Å². The fourth-order valence-corrected chi connectivity index (χ4v) is 2.15. The van der Waals surface area contributed by atoms with Crippen LogP contribution >= 0.6 is 0 Å². The first-order chi connectivity index (χ1) is 12.5. The molecule has 1 aromatic carbocycles. The van der Waals surface area contributed by atoms with E-state index >= 15 is 0 Å². The zero-order valence-electron chi connectivity index (χ0n) is 13.3. The van der Waals surface area contributed by atoms with Crippen LogP contribution < -0.4 is 10.6 Å². The first-order valence-corrected chi connectivity index (χ1v) is 7.58. The molecule has 0 spiro atoms. The van der Waals surface area contributed by atoms with E-state index in [-0.39, 0.29) is 5.69 Å². The number of benzene rings is 1. The third kappa shape index (κ3) is 3.97. The summed E-state index contributed by atoms with van der Waals surface area (Å²) in [6, 6.07) is 8.45. The number of pyridine rings is 2. The Kier molecular flexibility index (Phi) is 5.12. The molecule has 0 aliphatic carbocycles. The van der Waals surface area contributed by atoms with Gasteiger partial charge in [-0.25, -0.2) is 18.2 Å². The monoisotopic (exact) mass is 358 g/mol. The number of anilines is 2. The van der Waals surface area contributed by atoms with Crippen LogP contribution in [0.3, 0.4) is 0 Å². The van der Waals surface area contributed by atoms with Crippen molar-refractivity contribution in [2.24, 2.45) is 0 Å². The van der Waals surface area contributed by atoms with Gasteiger partial charge in [0.25, 0.3) is 5.91 Å². The maximum Gasteiger partial charge on any atom is 0.274 e. The second kappa shape index (κ2) is 7.64. The van der Waals surface area contributed by atoms with Crippen molar-refractivity contribution in [3.63, 3.8) is 0 Å². The topological polar surface area (TPSA) is 66.9 Å². The molecule has 0 radical (unpaired) electrons. The molecule has 3 aromatic rings. The lowest BCUT2D eigenvalue weighted by molar-refractivity contribution is 0.102. The Bertz CT molecular complexity index is 918. The van der Waals surface area contributed by atoms with Crippen molar-refractivity contribution >= 4 is 17.3 Å². The lowest BCUT2D eigenvalue weighted by atomic mass is 10.2. The standard InChI is InChI=1S/C18H13F3N4O/c19-13-2-4-14(17(21)16(13)20)25-18(26)15-3-1-12(10-24-15)23-9-11-5-7-22-8-6-11/h1-8,10,23H,9H2,(H,25,26). The fraction of sp³-hybridized carbons (Fsp3) is 0.0556. The number of aromatic nitrogens is 2. The smallest absolute Gasteiger partial charge is 0.274 e. The largest absolute Gasteiger partial charge is 0.380 e. The van der Waals surface area contributed by atoms with Gasteiger partial charge in [-0.1, -0.05) is 0 Å². The first kappa shape index (κ1) is 17.4. The predicted octanol–water partition coefficient (Wildman–Crippen LogP) is 3.76. The summed E-state index contributed by atoms with van der Waals surface area (Å²) in [6.45, 7) is 0.551. The summed E-state index contributed by atoms with van der Waals surface area (Å²) >= 11 is 0. The molecule has 2 heterocycles. The molecule has 0 bridgehead atoms. The predicted molar refractivity (Wildman–Crippen MR) is 90.1 cm³/mol. The summed E-state index contributed by atoms with van der Waals surface area (Å²) in [5.41, 5.74) is 1.24. The molecule has 5 nitrogen and oxygen atoms in total. The average Bonchev–Trinajstić information content (AvgIpc) is 2.68. The number of amides is 1. The van der Waals surface area contributed by atoms with Crippen molar-refractivity contribution in [1.29, 1.82) is 0 Å². The summed E-state index contributed by atoms with van der Waals surface area (Å²) in [5.74, 6) is -5.18. The molecule has 1 amide bonds. The number of rotatable bonds is 5. The molecule has 26 heavy (non-hydrogen) atoms. The molecule has 0 aliphatic rings. The molecule has 3 rings (SSSR count). The molecular weight excluding hydrogens is 345 g/mol. The number of hydrogen-bond donors (Lipinski definition) is 2. The Balaban J connectivity index is 1.64. The quantitative estimate of drug-likeness (QED) is 0.682. The number of carbonyl (C=O) groups excluding carboxylic acids is 1. The van der Waals surface area contributed by atoms with Gasteiger partial charge in [0.05, 0.1) is 17.6 Å². The maximum atomic E-state index is 13.6. The van der Waals surface area contributed by atoms with Gasteiger partial charge in [0.2, 0.25) is 0 Å². The minimum Gasteiger partial charge on any atom is -0.380 e. The lowest BCUT2D eigenvalue weighted by Gasteiger charge is -2.08. The molecule has 132 valence electrons. The Labute approximate surface area is 146 Å². The minimum atomic E-state index is -1.65. The Morgan fingerprint density at radius 3 is 2.42 bits per heavy atom. The molecule has 2 aromatic heterocycles. The van der Waals surface area contributed by atoms with Crippen LogP contribution in [0.1, 0.15) is 16.1 Å². The van der Waals surface area contributed by atoms with Gasteiger partial charge in [-0.3, -0.25) is 9.78 Å². The zero-order chi connectivity index (χ0) is 18.5. The molecule has 0 unspecified atom stereocenters. The second-order valence-corrected chi connectivity index (χ2v) is 5.32. The van der Waals surface area contributed by atoms with Gasteiger partial charge in [-0.2, -0.15) is 0 Å². The van der Waals surface area contributed by atoms with E-state index in [1.165, 1.54) is 12.3 Å². The van der Waals surface area contributed by atoms with E-state index in [1.807, 2.05) is 12.1 Å². The highest BCUT2D eigenvalue weighted by Gasteiger charge is 2.16. The Hall–Kier alpha value is -3.42. The van der Waals surface area contributed by atoms with Gasteiger partial charge < -0.3 is 10.6 Å². The van der Waals surface area contributed by atoms with E-state index in [0.29, 0.717) is 12.2 Å². The van der Waals surface area contributed by atoms with Crippen molar-refractivity contribution in [3.05, 3.63) is 83.7 Å². The third-order valence-electron chi connectivity index (χ3n) is 3.53. The number of hydrogen-bond acceptors (Lipinski definition) is 4. The average molecular weight is 358 g/mol. The van der Waals surface area contributed by atoms with Crippen LogP contribution in [0.2, 0.25) is 0 Å². The third-order valence-corrected chi connectivity index (χ3v) is 3.53. The van der Waals surface area contributed by atoms with Crippen LogP contribution in [0, 0.1) is 17.5 Å². The van der Waals surface area contributed by atoms with Gasteiger partial charge in [-0.15, -0.1) is 0 Å². The van der Waals surface area contributed by atoms with Crippen LogP contribution in [-0.4, -0.2) is 15.9 Å². The van der Waals surface area contributed by atoms with Gasteiger partial charge in [0.15, 0.2) is 17.5 Å². The summed E-state index contributed by atoms with van der Waals surface area (Å²) in [4.78, 5) is 20.0. The van der Waals surface area contributed by atoms with Crippen molar-refractivity contribution in [2.75, 3.05) is 10.6 Å². The van der Waals surface area contributed by atoms with Crippen LogP contribution in [0.5, 0.6) is 0 Å². The molecule has 0 aliphatic heterocycles. The molecule has 8 heteroatoms. The van der Waals surface area contributed by atoms with Gasteiger partial charge in [0, 0.05) is 18.9 Å². The van der Waals surface area contributed by atoms with Crippen LogP contribution in [0.25, 0.3) is 0 Å². The minimum absolute atomic E-state index is 0.00333. The van der Waals surface area contributed by atoms with Crippen molar-refractivity contribution in [1.82, 2.24) is 9.97 Å². The van der Waals surface area contributed by atoms with E-state index in [1.54, 1.807) is 18.5 Å². The van der Waals surface area contributed by atoms with E-state index in [0.717, 1.165) is 17.7 Å².